The van der Waals surface area contributed by atoms with Crippen molar-refractivity contribution in [1.82, 2.24) is 10.6 Å². The van der Waals surface area contributed by atoms with Gasteiger partial charge >= 0.3 is 12.0 Å². The van der Waals surface area contributed by atoms with Gasteiger partial charge in [-0.3, -0.25) is 4.79 Å². The van der Waals surface area contributed by atoms with Crippen LogP contribution in [-0.2, 0) is 4.79 Å². The highest BCUT2D eigenvalue weighted by atomic mass is 16.4. The van der Waals surface area contributed by atoms with Crippen molar-refractivity contribution in [3.63, 3.8) is 0 Å². The third-order valence-corrected chi connectivity index (χ3v) is 3.94. The second-order valence-corrected chi connectivity index (χ2v) is 5.62. The molecule has 1 aromatic carbocycles. The average molecular weight is 292 g/mol. The lowest BCUT2D eigenvalue weighted by molar-refractivity contribution is -0.147. The number of rotatable bonds is 6. The van der Waals surface area contributed by atoms with E-state index in [2.05, 4.69) is 10.6 Å². The number of carbonyl (C=O) groups excluding carboxylic acids is 1. The zero-order chi connectivity index (χ0) is 16.0. The zero-order valence-electron chi connectivity index (χ0n) is 13.1. The number of carboxylic acids is 1. The molecule has 116 valence electrons. The number of aliphatic carboxylic acids is 1. The second kappa shape index (κ2) is 7.11. The van der Waals surface area contributed by atoms with Gasteiger partial charge < -0.3 is 15.7 Å². The molecule has 0 radical (unpaired) electrons. The van der Waals surface area contributed by atoms with Gasteiger partial charge in [0.1, 0.15) is 0 Å². The lowest BCUT2D eigenvalue weighted by Crippen LogP contribution is -2.45. The van der Waals surface area contributed by atoms with Crippen LogP contribution in [0.15, 0.2) is 24.3 Å². The highest BCUT2D eigenvalue weighted by Crippen LogP contribution is 2.20. The Morgan fingerprint density at radius 3 is 2.48 bits per heavy atom. The molecule has 0 aliphatic heterocycles. The van der Waals surface area contributed by atoms with Crippen molar-refractivity contribution in [2.45, 2.75) is 40.2 Å². The van der Waals surface area contributed by atoms with Crippen LogP contribution in [-0.4, -0.2) is 23.7 Å². The van der Waals surface area contributed by atoms with Crippen LogP contribution in [0, 0.1) is 12.3 Å². The van der Waals surface area contributed by atoms with Crippen LogP contribution in [0.4, 0.5) is 4.79 Å². The van der Waals surface area contributed by atoms with Crippen molar-refractivity contribution >= 4 is 12.0 Å². The fraction of sp³-hybridized carbons (Fsp3) is 0.500. The topological polar surface area (TPSA) is 78.4 Å². The van der Waals surface area contributed by atoms with Crippen molar-refractivity contribution in [1.29, 1.82) is 0 Å². The van der Waals surface area contributed by atoms with E-state index in [0.29, 0.717) is 6.42 Å². The maximum absolute atomic E-state index is 11.9. The fourth-order valence-corrected chi connectivity index (χ4v) is 2.03. The van der Waals surface area contributed by atoms with Gasteiger partial charge in [0.2, 0.25) is 0 Å². The van der Waals surface area contributed by atoms with E-state index in [1.165, 1.54) is 0 Å². The molecule has 21 heavy (non-hydrogen) atoms. The van der Waals surface area contributed by atoms with Crippen LogP contribution in [0.25, 0.3) is 0 Å². The monoisotopic (exact) mass is 292 g/mol. The van der Waals surface area contributed by atoms with Crippen molar-refractivity contribution in [3.05, 3.63) is 35.4 Å². The van der Waals surface area contributed by atoms with Crippen LogP contribution < -0.4 is 10.6 Å². The first-order valence-electron chi connectivity index (χ1n) is 7.13. The number of hydrogen-bond acceptors (Lipinski definition) is 2. The second-order valence-electron chi connectivity index (χ2n) is 5.62. The van der Waals surface area contributed by atoms with Gasteiger partial charge in [-0.15, -0.1) is 0 Å². The molecule has 0 aromatic heterocycles. The molecule has 0 aliphatic carbocycles. The van der Waals surface area contributed by atoms with E-state index in [9.17, 15) is 9.59 Å². The first-order chi connectivity index (χ1) is 9.80. The molecule has 2 amide bonds. The summed E-state index contributed by atoms with van der Waals surface area (Å²) in [5.74, 6) is -0.905. The summed E-state index contributed by atoms with van der Waals surface area (Å²) in [6.45, 7) is 7.41. The van der Waals surface area contributed by atoms with E-state index in [4.69, 9.17) is 5.11 Å². The number of amides is 2. The van der Waals surface area contributed by atoms with Gasteiger partial charge in [0, 0.05) is 6.54 Å². The summed E-state index contributed by atoms with van der Waals surface area (Å²) in [4.78, 5) is 23.1. The standard InChI is InChI=1S/C16H24N2O3/c1-5-16(4,14(19)20)10-17-15(21)18-12(3)13-9-7-6-8-11(13)2/h6-9,12H,5,10H2,1-4H3,(H,19,20)(H2,17,18,21). The molecule has 1 rings (SSSR count). The van der Waals surface area contributed by atoms with Crippen molar-refractivity contribution in [3.8, 4) is 0 Å². The van der Waals surface area contributed by atoms with Crippen LogP contribution in [0.2, 0.25) is 0 Å². The molecule has 3 N–H and O–H groups in total. The van der Waals surface area contributed by atoms with Gasteiger partial charge in [-0.1, -0.05) is 31.2 Å². The summed E-state index contributed by atoms with van der Waals surface area (Å²) in [6.07, 6.45) is 0.454. The van der Waals surface area contributed by atoms with E-state index < -0.39 is 11.4 Å². The Hall–Kier alpha value is -2.04. The number of nitrogens with one attached hydrogen (secondary N) is 2. The van der Waals surface area contributed by atoms with Gasteiger partial charge in [0.05, 0.1) is 11.5 Å². The Morgan fingerprint density at radius 1 is 1.33 bits per heavy atom. The minimum atomic E-state index is -0.941. The smallest absolute Gasteiger partial charge is 0.315 e. The molecule has 0 aliphatic rings. The van der Waals surface area contributed by atoms with Gasteiger partial charge in [-0.25, -0.2) is 4.79 Å². The Morgan fingerprint density at radius 2 is 1.95 bits per heavy atom. The quantitative estimate of drug-likeness (QED) is 0.754. The van der Waals surface area contributed by atoms with Crippen LogP contribution in [0.1, 0.15) is 44.4 Å². The van der Waals surface area contributed by atoms with Crippen LogP contribution in [0.3, 0.4) is 0 Å². The number of benzene rings is 1. The predicted molar refractivity (Wildman–Crippen MR) is 82.2 cm³/mol. The van der Waals surface area contributed by atoms with E-state index in [1.54, 1.807) is 13.8 Å². The third-order valence-electron chi connectivity index (χ3n) is 3.94. The number of carbonyl (C=O) groups is 2. The summed E-state index contributed by atoms with van der Waals surface area (Å²) in [7, 11) is 0. The molecule has 1 aromatic rings. The number of aryl methyl sites for hydroxylation is 1. The molecule has 0 fully saturated rings. The molecule has 0 spiro atoms. The zero-order valence-corrected chi connectivity index (χ0v) is 13.1. The summed E-state index contributed by atoms with van der Waals surface area (Å²) >= 11 is 0. The number of carboxylic acid groups (broad SMARTS) is 1. The van der Waals surface area contributed by atoms with Crippen molar-refractivity contribution in [2.75, 3.05) is 6.54 Å². The summed E-state index contributed by atoms with van der Waals surface area (Å²) in [5, 5.41) is 14.6. The Kier molecular flexibility index (Phi) is 5.76. The van der Waals surface area contributed by atoms with Crippen molar-refractivity contribution < 1.29 is 14.7 Å². The molecule has 2 unspecified atom stereocenters. The SMILES string of the molecule is CCC(C)(CNC(=O)NC(C)c1ccccc1C)C(=O)O. The summed E-state index contributed by atoms with van der Waals surface area (Å²) < 4.78 is 0. The predicted octanol–water partition coefficient (Wildman–Crippen LogP) is 2.86. The highest BCUT2D eigenvalue weighted by Gasteiger charge is 2.31. The number of hydrogen-bond donors (Lipinski definition) is 3. The van der Waals surface area contributed by atoms with Crippen LogP contribution in [0.5, 0.6) is 0 Å². The Labute approximate surface area is 125 Å². The van der Waals surface area contributed by atoms with Crippen LogP contribution >= 0.6 is 0 Å². The molecule has 5 nitrogen and oxygen atoms in total. The molecule has 0 saturated carbocycles. The minimum Gasteiger partial charge on any atom is -0.481 e. The van der Waals surface area contributed by atoms with E-state index >= 15 is 0 Å². The average Bonchev–Trinajstić information content (AvgIpc) is 2.44. The largest absolute Gasteiger partial charge is 0.481 e. The lowest BCUT2D eigenvalue weighted by atomic mass is 9.88. The molecule has 0 saturated heterocycles. The molecule has 5 heteroatoms. The first-order valence-corrected chi connectivity index (χ1v) is 7.13. The lowest BCUT2D eigenvalue weighted by Gasteiger charge is -2.24. The van der Waals surface area contributed by atoms with Crippen molar-refractivity contribution in [2.24, 2.45) is 5.41 Å². The summed E-state index contributed by atoms with van der Waals surface area (Å²) in [5.41, 5.74) is 1.21. The van der Waals surface area contributed by atoms with Gasteiger partial charge in [0.15, 0.2) is 0 Å². The van der Waals surface area contributed by atoms with E-state index in [1.807, 2.05) is 38.1 Å². The maximum Gasteiger partial charge on any atom is 0.315 e. The number of urea groups is 1. The van der Waals surface area contributed by atoms with Gasteiger partial charge in [-0.2, -0.15) is 0 Å². The van der Waals surface area contributed by atoms with E-state index in [0.717, 1.165) is 11.1 Å². The normalized spacial score (nSPS) is 14.9. The minimum absolute atomic E-state index is 0.102. The van der Waals surface area contributed by atoms with E-state index in [-0.39, 0.29) is 18.6 Å². The highest BCUT2D eigenvalue weighted by molar-refractivity contribution is 5.78. The Bertz CT molecular complexity index is 516. The first kappa shape index (κ1) is 17.0. The molecular formula is C16H24N2O3. The van der Waals surface area contributed by atoms with Gasteiger partial charge in [-0.05, 0) is 38.3 Å². The fourth-order valence-electron chi connectivity index (χ4n) is 2.03. The van der Waals surface area contributed by atoms with Gasteiger partial charge in [0.25, 0.3) is 0 Å². The molecule has 2 atom stereocenters. The third kappa shape index (κ3) is 4.48. The molecule has 0 heterocycles. The summed E-state index contributed by atoms with van der Waals surface area (Å²) in [6, 6.07) is 7.34. The Balaban J connectivity index is 2.58. The maximum atomic E-state index is 11.9. The molecular weight excluding hydrogens is 268 g/mol. The molecule has 0 bridgehead atoms.